The van der Waals surface area contributed by atoms with Crippen LogP contribution in [0.25, 0.3) is 11.1 Å². The minimum absolute atomic E-state index is 0.171. The first-order valence-electron chi connectivity index (χ1n) is 10.3. The molecule has 0 heterocycles. The molecule has 0 aromatic heterocycles. The van der Waals surface area contributed by atoms with Crippen molar-refractivity contribution in [2.45, 2.75) is 39.0 Å². The summed E-state index contributed by atoms with van der Waals surface area (Å²) in [5, 5.41) is 0. The molecule has 0 aliphatic rings. The number of alkyl halides is 3. The summed E-state index contributed by atoms with van der Waals surface area (Å²) in [6.45, 7) is 3.57. The second-order valence-corrected chi connectivity index (χ2v) is 7.48. The van der Waals surface area contributed by atoms with E-state index in [0.29, 0.717) is 16.7 Å². The first-order chi connectivity index (χ1) is 15.2. The maximum atomic E-state index is 12.8. The highest BCUT2D eigenvalue weighted by Gasteiger charge is 2.30. The van der Waals surface area contributed by atoms with Gasteiger partial charge in [0.15, 0.2) is 6.10 Å². The molecule has 0 saturated carbocycles. The zero-order valence-corrected chi connectivity index (χ0v) is 17.8. The van der Waals surface area contributed by atoms with Crippen molar-refractivity contribution in [1.29, 1.82) is 0 Å². The fourth-order valence-electron chi connectivity index (χ4n) is 3.39. The van der Waals surface area contributed by atoms with E-state index in [1.54, 1.807) is 30.3 Å². The Balaban J connectivity index is 1.77. The number of halogens is 3. The molecule has 0 fully saturated rings. The summed E-state index contributed by atoms with van der Waals surface area (Å²) in [4.78, 5) is 25.5. The fourth-order valence-corrected chi connectivity index (χ4v) is 3.39. The molecule has 0 spiro atoms. The zero-order valence-electron chi connectivity index (χ0n) is 17.8. The van der Waals surface area contributed by atoms with Gasteiger partial charge in [-0.1, -0.05) is 67.9 Å². The van der Waals surface area contributed by atoms with Gasteiger partial charge in [-0.25, -0.2) is 4.79 Å². The number of carbonyl (C=O) groups excluding carboxylic acids is 2. The summed E-state index contributed by atoms with van der Waals surface area (Å²) in [6.07, 6.45) is -3.54. The largest absolute Gasteiger partial charge is 0.451 e. The Bertz CT molecular complexity index is 1080. The average molecular weight is 440 g/mol. The van der Waals surface area contributed by atoms with Gasteiger partial charge in [-0.2, -0.15) is 13.2 Å². The van der Waals surface area contributed by atoms with Crippen LogP contribution in [-0.2, 0) is 17.3 Å². The number of aryl methyl sites for hydroxylation is 1. The highest BCUT2D eigenvalue weighted by molar-refractivity contribution is 6.03. The third-order valence-electron chi connectivity index (χ3n) is 5.10. The summed E-state index contributed by atoms with van der Waals surface area (Å²) in [5.74, 6) is -1.04. The number of esters is 1. The fraction of sp³-hybridized carbons (Fsp3) is 0.231. The lowest BCUT2D eigenvalue weighted by atomic mass is 9.98. The number of Topliss-reactive ketones (excluding diaryl/α,β-unsaturated/α-hetero) is 1. The van der Waals surface area contributed by atoms with E-state index in [0.717, 1.165) is 30.5 Å². The molecule has 0 bridgehead atoms. The molecule has 3 aromatic carbocycles. The first kappa shape index (κ1) is 23.3. The van der Waals surface area contributed by atoms with E-state index in [9.17, 15) is 22.8 Å². The maximum Gasteiger partial charge on any atom is 0.416 e. The third-order valence-corrected chi connectivity index (χ3v) is 5.10. The summed E-state index contributed by atoms with van der Waals surface area (Å²) in [6, 6.07) is 18.2. The van der Waals surface area contributed by atoms with Crippen LogP contribution in [-0.4, -0.2) is 17.9 Å². The summed E-state index contributed by atoms with van der Waals surface area (Å²) < 4.78 is 43.9. The molecule has 3 aromatic rings. The van der Waals surface area contributed by atoms with E-state index in [2.05, 4.69) is 6.92 Å². The quantitative estimate of drug-likeness (QED) is 0.301. The predicted octanol–water partition coefficient (Wildman–Crippen LogP) is 6.75. The molecule has 0 radical (unpaired) electrons. The molecular formula is C26H23F3O3. The average Bonchev–Trinajstić information content (AvgIpc) is 2.79. The van der Waals surface area contributed by atoms with Crippen molar-refractivity contribution in [2.75, 3.05) is 0 Å². The Morgan fingerprint density at radius 3 is 2.12 bits per heavy atom. The van der Waals surface area contributed by atoms with Crippen molar-refractivity contribution in [2.24, 2.45) is 0 Å². The molecular weight excluding hydrogens is 417 g/mol. The summed E-state index contributed by atoms with van der Waals surface area (Å²) in [5.41, 5.74) is 1.84. The van der Waals surface area contributed by atoms with Crippen LogP contribution in [0.5, 0.6) is 0 Å². The Morgan fingerprint density at radius 2 is 1.53 bits per heavy atom. The Hall–Kier alpha value is -3.41. The van der Waals surface area contributed by atoms with Gasteiger partial charge in [-0.3, -0.25) is 4.79 Å². The number of ether oxygens (including phenoxy) is 1. The number of carbonyl (C=O) groups is 2. The van der Waals surface area contributed by atoms with Gasteiger partial charge >= 0.3 is 12.1 Å². The van der Waals surface area contributed by atoms with E-state index in [1.165, 1.54) is 25.1 Å². The Labute approximate surface area is 184 Å². The van der Waals surface area contributed by atoms with Crippen LogP contribution >= 0.6 is 0 Å². The zero-order chi connectivity index (χ0) is 23.3. The van der Waals surface area contributed by atoms with Gasteiger partial charge in [0.05, 0.1) is 11.1 Å². The molecule has 0 aliphatic heterocycles. The smallest absolute Gasteiger partial charge is 0.416 e. The molecule has 32 heavy (non-hydrogen) atoms. The monoisotopic (exact) mass is 440 g/mol. The normalized spacial score (nSPS) is 12.3. The highest BCUT2D eigenvalue weighted by atomic mass is 19.4. The molecule has 3 nitrogen and oxygen atoms in total. The summed E-state index contributed by atoms with van der Waals surface area (Å²) in [7, 11) is 0. The third kappa shape index (κ3) is 5.44. The van der Waals surface area contributed by atoms with Gasteiger partial charge in [0.1, 0.15) is 0 Å². The summed E-state index contributed by atoms with van der Waals surface area (Å²) >= 11 is 0. The second kappa shape index (κ2) is 9.81. The number of rotatable bonds is 7. The first-order valence-corrected chi connectivity index (χ1v) is 10.3. The van der Waals surface area contributed by atoms with Gasteiger partial charge < -0.3 is 4.74 Å². The van der Waals surface area contributed by atoms with Crippen LogP contribution in [0.1, 0.15) is 52.1 Å². The molecule has 0 N–H and O–H groups in total. The SMILES string of the molecule is CCCc1ccc(C(=O)C(C)OC(=O)c2ccccc2-c2ccc(C(F)(F)F)cc2)cc1. The van der Waals surface area contributed by atoms with Crippen LogP contribution in [0.15, 0.2) is 72.8 Å². The lowest BCUT2D eigenvalue weighted by Crippen LogP contribution is -2.24. The molecule has 0 amide bonds. The second-order valence-electron chi connectivity index (χ2n) is 7.48. The van der Waals surface area contributed by atoms with Crippen molar-refractivity contribution < 1.29 is 27.5 Å². The molecule has 6 heteroatoms. The van der Waals surface area contributed by atoms with Crippen molar-refractivity contribution >= 4 is 11.8 Å². The number of benzene rings is 3. The molecule has 1 unspecified atom stereocenters. The van der Waals surface area contributed by atoms with E-state index in [4.69, 9.17) is 4.74 Å². The number of hydrogen-bond acceptors (Lipinski definition) is 3. The predicted molar refractivity (Wildman–Crippen MR) is 117 cm³/mol. The minimum atomic E-state index is -4.44. The standard InChI is InChI=1S/C26H23F3O3/c1-3-6-18-9-11-20(12-10-18)24(30)17(2)32-25(31)23-8-5-4-7-22(23)19-13-15-21(16-14-19)26(27,28)29/h4-5,7-17H,3,6H2,1-2H3. The maximum absolute atomic E-state index is 12.8. The van der Waals surface area contributed by atoms with Crippen molar-refractivity contribution in [3.63, 3.8) is 0 Å². The van der Waals surface area contributed by atoms with Gasteiger partial charge in [-0.05, 0) is 48.2 Å². The van der Waals surface area contributed by atoms with Crippen LogP contribution in [0.4, 0.5) is 13.2 Å². The van der Waals surface area contributed by atoms with E-state index >= 15 is 0 Å². The van der Waals surface area contributed by atoms with Crippen LogP contribution < -0.4 is 0 Å². The Kier molecular flexibility index (Phi) is 7.13. The molecule has 0 aliphatic carbocycles. The van der Waals surface area contributed by atoms with Crippen molar-refractivity contribution in [1.82, 2.24) is 0 Å². The van der Waals surface area contributed by atoms with Gasteiger partial charge in [-0.15, -0.1) is 0 Å². The van der Waals surface area contributed by atoms with E-state index < -0.39 is 23.8 Å². The lowest BCUT2D eigenvalue weighted by Gasteiger charge is -2.15. The Morgan fingerprint density at radius 1 is 0.906 bits per heavy atom. The van der Waals surface area contributed by atoms with Crippen molar-refractivity contribution in [3.05, 3.63) is 95.1 Å². The van der Waals surface area contributed by atoms with Crippen LogP contribution in [0.2, 0.25) is 0 Å². The van der Waals surface area contributed by atoms with Crippen LogP contribution in [0.3, 0.4) is 0 Å². The number of ketones is 1. The highest BCUT2D eigenvalue weighted by Crippen LogP contribution is 2.32. The molecule has 3 rings (SSSR count). The van der Waals surface area contributed by atoms with E-state index in [1.807, 2.05) is 12.1 Å². The lowest BCUT2D eigenvalue weighted by molar-refractivity contribution is -0.137. The van der Waals surface area contributed by atoms with Gasteiger partial charge in [0, 0.05) is 5.56 Å². The molecule has 166 valence electrons. The van der Waals surface area contributed by atoms with E-state index in [-0.39, 0.29) is 11.3 Å². The van der Waals surface area contributed by atoms with Gasteiger partial charge in [0.2, 0.25) is 5.78 Å². The van der Waals surface area contributed by atoms with Gasteiger partial charge in [0.25, 0.3) is 0 Å². The molecule has 0 saturated heterocycles. The van der Waals surface area contributed by atoms with Crippen molar-refractivity contribution in [3.8, 4) is 11.1 Å². The number of hydrogen-bond donors (Lipinski definition) is 0. The van der Waals surface area contributed by atoms with Crippen LogP contribution in [0, 0.1) is 0 Å². The minimum Gasteiger partial charge on any atom is -0.451 e. The topological polar surface area (TPSA) is 43.4 Å². The molecule has 1 atom stereocenters.